The van der Waals surface area contributed by atoms with E-state index in [1.54, 1.807) is 60.4 Å². The molecule has 0 unspecified atom stereocenters. The Hall–Kier alpha value is -3.36. The largest absolute Gasteiger partial charge is 0.450 e. The number of para-hydroxylation sites is 1. The molecule has 1 N–H and O–H groups in total. The van der Waals surface area contributed by atoms with E-state index in [2.05, 4.69) is 5.32 Å². The molecule has 1 fully saturated rings. The second-order valence-electron chi connectivity index (χ2n) is 7.65. The predicted molar refractivity (Wildman–Crippen MR) is 127 cm³/mol. The zero-order valence-electron chi connectivity index (χ0n) is 18.2. The highest BCUT2D eigenvalue weighted by atomic mass is 35.5. The highest BCUT2D eigenvalue weighted by Crippen LogP contribution is 2.29. The summed E-state index contributed by atoms with van der Waals surface area (Å²) in [4.78, 5) is 41.5. The average molecular weight is 470 g/mol. The number of benzene rings is 2. The van der Waals surface area contributed by atoms with Gasteiger partial charge in [-0.05, 0) is 36.8 Å². The minimum atomic E-state index is -0.341. The Kier molecular flexibility index (Phi) is 6.96. The fourth-order valence-corrected chi connectivity index (χ4v) is 3.91. The Morgan fingerprint density at radius 2 is 1.76 bits per heavy atom. The number of anilines is 1. The lowest BCUT2D eigenvalue weighted by Gasteiger charge is -2.33. The van der Waals surface area contributed by atoms with Crippen LogP contribution in [0.15, 0.2) is 57.7 Å². The van der Waals surface area contributed by atoms with E-state index in [-0.39, 0.29) is 35.4 Å². The van der Waals surface area contributed by atoms with E-state index < -0.39 is 0 Å². The summed E-state index contributed by atoms with van der Waals surface area (Å²) in [7, 11) is 0. The number of halogens is 1. The molecule has 0 bridgehead atoms. The molecule has 2 heterocycles. The highest BCUT2D eigenvalue weighted by Gasteiger charge is 2.24. The normalized spacial score (nSPS) is 14.3. The van der Waals surface area contributed by atoms with Crippen molar-refractivity contribution in [2.24, 2.45) is 0 Å². The Balaban J connectivity index is 1.54. The third kappa shape index (κ3) is 5.18. The minimum Gasteiger partial charge on any atom is -0.450 e. The van der Waals surface area contributed by atoms with Crippen LogP contribution < -0.4 is 10.7 Å². The van der Waals surface area contributed by atoms with E-state index in [1.807, 2.05) is 4.90 Å². The van der Waals surface area contributed by atoms with Gasteiger partial charge in [0.25, 0.3) is 0 Å². The summed E-state index contributed by atoms with van der Waals surface area (Å²) < 4.78 is 11.0. The lowest BCUT2D eigenvalue weighted by Crippen LogP contribution is -2.50. The average Bonchev–Trinajstić information content (AvgIpc) is 2.81. The van der Waals surface area contributed by atoms with Crippen LogP contribution >= 0.6 is 11.6 Å². The van der Waals surface area contributed by atoms with Crippen molar-refractivity contribution in [2.75, 3.05) is 44.6 Å². The molecule has 4 rings (SSSR count). The quantitative estimate of drug-likeness (QED) is 0.610. The molecule has 172 valence electrons. The molecule has 1 saturated heterocycles. The third-order valence-corrected chi connectivity index (χ3v) is 5.70. The van der Waals surface area contributed by atoms with Crippen molar-refractivity contribution in [1.82, 2.24) is 9.80 Å². The molecule has 0 atom stereocenters. The second-order valence-corrected chi connectivity index (χ2v) is 8.09. The number of hydrogen-bond acceptors (Lipinski definition) is 6. The predicted octanol–water partition coefficient (Wildman–Crippen LogP) is 3.83. The number of carbonyl (C=O) groups is 2. The van der Waals surface area contributed by atoms with Crippen molar-refractivity contribution >= 4 is 40.5 Å². The molecule has 2 amide bonds. The Bertz CT molecular complexity index is 1220. The number of nitrogens with zero attached hydrogens (tertiary/aromatic N) is 2. The van der Waals surface area contributed by atoms with Gasteiger partial charge in [0.05, 0.1) is 24.1 Å². The van der Waals surface area contributed by atoms with Gasteiger partial charge in [-0.2, -0.15) is 0 Å². The first-order valence-corrected chi connectivity index (χ1v) is 11.1. The number of fused-ring (bicyclic) bond motifs is 1. The van der Waals surface area contributed by atoms with E-state index in [4.69, 9.17) is 20.8 Å². The van der Waals surface area contributed by atoms with Crippen LogP contribution in [0.2, 0.25) is 5.02 Å². The van der Waals surface area contributed by atoms with Gasteiger partial charge in [0, 0.05) is 31.2 Å². The van der Waals surface area contributed by atoms with Crippen LogP contribution in [0.3, 0.4) is 0 Å². The van der Waals surface area contributed by atoms with Gasteiger partial charge >= 0.3 is 6.09 Å². The Morgan fingerprint density at radius 3 is 2.45 bits per heavy atom. The van der Waals surface area contributed by atoms with Gasteiger partial charge in [-0.1, -0.05) is 35.9 Å². The third-order valence-electron chi connectivity index (χ3n) is 5.45. The smallest absolute Gasteiger partial charge is 0.409 e. The molecule has 0 radical (unpaired) electrons. The fourth-order valence-electron chi connectivity index (χ4n) is 3.78. The van der Waals surface area contributed by atoms with Crippen LogP contribution in [0.25, 0.3) is 22.1 Å². The lowest BCUT2D eigenvalue weighted by atomic mass is 10.0. The van der Waals surface area contributed by atoms with Crippen molar-refractivity contribution in [3.63, 3.8) is 0 Å². The maximum absolute atomic E-state index is 13.3. The summed E-state index contributed by atoms with van der Waals surface area (Å²) >= 11 is 6.00. The van der Waals surface area contributed by atoms with Crippen LogP contribution in [0, 0.1) is 0 Å². The van der Waals surface area contributed by atoms with Crippen molar-refractivity contribution in [3.05, 3.63) is 63.8 Å². The molecule has 0 aliphatic carbocycles. The second kappa shape index (κ2) is 10.1. The van der Waals surface area contributed by atoms with E-state index in [0.29, 0.717) is 54.3 Å². The molecule has 2 aromatic carbocycles. The molecule has 1 aromatic heterocycles. The number of carbonyl (C=O) groups excluding carboxylic acids is 2. The van der Waals surface area contributed by atoms with Crippen LogP contribution in [0.1, 0.15) is 6.92 Å². The van der Waals surface area contributed by atoms with E-state index in [0.717, 1.165) is 0 Å². The van der Waals surface area contributed by atoms with Gasteiger partial charge in [0.2, 0.25) is 17.2 Å². The number of amides is 2. The molecule has 0 saturated carbocycles. The van der Waals surface area contributed by atoms with Gasteiger partial charge in [0.1, 0.15) is 5.58 Å². The Labute approximate surface area is 195 Å². The van der Waals surface area contributed by atoms with E-state index in [1.165, 1.54) is 0 Å². The van der Waals surface area contributed by atoms with E-state index >= 15 is 0 Å². The summed E-state index contributed by atoms with van der Waals surface area (Å²) in [5, 5.41) is 3.74. The number of ether oxygens (including phenoxy) is 1. The molecule has 1 aliphatic heterocycles. The minimum absolute atomic E-state index is 0.0937. The molecule has 33 heavy (non-hydrogen) atoms. The lowest BCUT2D eigenvalue weighted by molar-refractivity contribution is -0.117. The summed E-state index contributed by atoms with van der Waals surface area (Å²) in [5.41, 5.74) is 1.01. The standard InChI is InChI=1S/C24H24ClN3O5/c1-2-32-24(31)28-13-11-27(12-14-28)15-20(29)26-23-21(16-7-9-17(25)10-8-16)22(30)18-5-3-4-6-19(18)33-23/h3-10H,2,11-15H2,1H3,(H,26,29). The number of hydrogen-bond donors (Lipinski definition) is 1. The molecule has 1 aliphatic rings. The number of nitrogens with one attached hydrogen (secondary N) is 1. The number of piperazine rings is 1. The van der Waals surface area contributed by atoms with Crippen molar-refractivity contribution in [2.45, 2.75) is 6.92 Å². The zero-order valence-corrected chi connectivity index (χ0v) is 18.9. The monoisotopic (exact) mass is 469 g/mol. The summed E-state index contributed by atoms with van der Waals surface area (Å²) in [6.07, 6.45) is -0.341. The van der Waals surface area contributed by atoms with Crippen LogP contribution in [-0.2, 0) is 9.53 Å². The van der Waals surface area contributed by atoms with E-state index in [9.17, 15) is 14.4 Å². The molecular weight excluding hydrogens is 446 g/mol. The van der Waals surface area contributed by atoms with Gasteiger partial charge in [-0.3, -0.25) is 19.8 Å². The first-order chi connectivity index (χ1) is 16.0. The van der Waals surface area contributed by atoms with Crippen molar-refractivity contribution < 1.29 is 18.7 Å². The van der Waals surface area contributed by atoms with Crippen molar-refractivity contribution in [1.29, 1.82) is 0 Å². The van der Waals surface area contributed by atoms with Crippen LogP contribution in [0.5, 0.6) is 0 Å². The van der Waals surface area contributed by atoms with Gasteiger partial charge in [-0.15, -0.1) is 0 Å². The highest BCUT2D eigenvalue weighted by molar-refractivity contribution is 6.30. The SMILES string of the molecule is CCOC(=O)N1CCN(CC(=O)Nc2oc3ccccc3c(=O)c2-c2ccc(Cl)cc2)CC1. The Morgan fingerprint density at radius 1 is 1.06 bits per heavy atom. The summed E-state index contributed by atoms with van der Waals surface area (Å²) in [6, 6.07) is 13.7. The molecule has 0 spiro atoms. The van der Waals surface area contributed by atoms with Gasteiger partial charge in [-0.25, -0.2) is 4.79 Å². The maximum atomic E-state index is 13.3. The first-order valence-electron chi connectivity index (χ1n) is 10.7. The van der Waals surface area contributed by atoms with Crippen LogP contribution in [-0.4, -0.2) is 61.1 Å². The molecule has 8 nitrogen and oxygen atoms in total. The molecule has 3 aromatic rings. The fraction of sp³-hybridized carbons (Fsp3) is 0.292. The summed E-state index contributed by atoms with van der Waals surface area (Å²) in [6.45, 7) is 4.24. The van der Waals surface area contributed by atoms with Gasteiger partial charge in [0.15, 0.2) is 0 Å². The molecule has 9 heteroatoms. The first kappa shape index (κ1) is 22.8. The summed E-state index contributed by atoms with van der Waals surface area (Å²) in [5.74, 6) is -0.218. The topological polar surface area (TPSA) is 92.1 Å². The zero-order chi connectivity index (χ0) is 23.4. The van der Waals surface area contributed by atoms with Crippen molar-refractivity contribution in [3.8, 4) is 11.1 Å². The number of rotatable bonds is 5. The van der Waals surface area contributed by atoms with Crippen LogP contribution in [0.4, 0.5) is 10.7 Å². The maximum Gasteiger partial charge on any atom is 0.409 e. The molecular formula is C24H24ClN3O5. The van der Waals surface area contributed by atoms with Gasteiger partial charge < -0.3 is 14.1 Å².